The van der Waals surface area contributed by atoms with Crippen molar-refractivity contribution in [1.82, 2.24) is 14.4 Å². The first kappa shape index (κ1) is 26.1. The van der Waals surface area contributed by atoms with Gasteiger partial charge in [0.2, 0.25) is 5.95 Å². The van der Waals surface area contributed by atoms with Crippen LogP contribution in [0.1, 0.15) is 24.1 Å². The number of fused-ring (bicyclic) bond motifs is 1. The van der Waals surface area contributed by atoms with Crippen LogP contribution in [0.3, 0.4) is 0 Å². The van der Waals surface area contributed by atoms with Gasteiger partial charge in [-0.05, 0) is 47.9 Å². The zero-order chi connectivity index (χ0) is 28.6. The van der Waals surface area contributed by atoms with Crippen LogP contribution in [0.25, 0.3) is 27.8 Å². The highest BCUT2D eigenvalue weighted by Gasteiger charge is 2.26. The Morgan fingerprint density at radius 2 is 1.77 bits per heavy atom. The maximum absolute atomic E-state index is 15.0. The number of nitrogens with one attached hydrogen (secondary N) is 1. The minimum Gasteiger partial charge on any atom is -0.494 e. The number of hydrogen-bond donors (Lipinski definition) is 3. The van der Waals surface area contributed by atoms with E-state index in [0.29, 0.717) is 27.8 Å². The third kappa shape index (κ3) is 4.52. The minimum absolute atomic E-state index is 0.0288. The first-order chi connectivity index (χ1) is 19.2. The minimum atomic E-state index is -0.723. The number of nitriles is 1. The molecular formula is C29H23F2N7O2. The summed E-state index contributed by atoms with van der Waals surface area (Å²) in [5.74, 6) is -1.41. The molecule has 2 aromatic carbocycles. The van der Waals surface area contributed by atoms with Crippen molar-refractivity contribution >= 4 is 23.1 Å². The molecule has 3 aromatic heterocycles. The first-order valence-corrected chi connectivity index (χ1v) is 12.1. The largest absolute Gasteiger partial charge is 0.494 e. The van der Waals surface area contributed by atoms with Crippen molar-refractivity contribution in [3.05, 3.63) is 100.0 Å². The number of nitrogens with zero attached hydrogens (tertiary/aromatic N) is 4. The zero-order valence-corrected chi connectivity index (χ0v) is 21.4. The molecule has 0 aliphatic carbocycles. The van der Waals surface area contributed by atoms with Gasteiger partial charge < -0.3 is 21.5 Å². The second-order valence-corrected chi connectivity index (χ2v) is 8.96. The van der Waals surface area contributed by atoms with Crippen LogP contribution in [0.2, 0.25) is 0 Å². The van der Waals surface area contributed by atoms with Gasteiger partial charge >= 0.3 is 0 Å². The fraction of sp³-hybridized carbons (Fsp3) is 0.103. The van der Waals surface area contributed by atoms with Gasteiger partial charge in [-0.1, -0.05) is 36.4 Å². The summed E-state index contributed by atoms with van der Waals surface area (Å²) in [4.78, 5) is 22.0. The molecule has 0 saturated carbocycles. The standard InChI is InChI=1S/C29H23F2N7O2/c1-15(35-27-19(13-32)26(33)36-29(34)37-27)23-24(17-8-11-22(40-2)20(31)12-17)21-10-9-18(30)14-38(21)28(39)25(23)16-6-4-3-5-7-16/h3-12,14-15H,1-2H3,(H5,33,34,35,36,37)/t15-/m0/s1. The van der Waals surface area contributed by atoms with E-state index in [1.807, 2.05) is 6.07 Å². The Bertz CT molecular complexity index is 1870. The van der Waals surface area contributed by atoms with Crippen LogP contribution >= 0.6 is 0 Å². The maximum atomic E-state index is 15.0. The van der Waals surface area contributed by atoms with Crippen LogP contribution in [0.4, 0.5) is 26.4 Å². The summed E-state index contributed by atoms with van der Waals surface area (Å²) in [6.07, 6.45) is 1.09. The van der Waals surface area contributed by atoms with E-state index in [0.717, 1.165) is 6.20 Å². The lowest BCUT2D eigenvalue weighted by atomic mass is 9.88. The van der Waals surface area contributed by atoms with E-state index in [4.69, 9.17) is 16.2 Å². The van der Waals surface area contributed by atoms with E-state index in [9.17, 15) is 14.4 Å². The number of pyridine rings is 2. The van der Waals surface area contributed by atoms with Crippen molar-refractivity contribution in [2.45, 2.75) is 13.0 Å². The van der Waals surface area contributed by atoms with Crippen molar-refractivity contribution in [3.63, 3.8) is 0 Å². The van der Waals surface area contributed by atoms with Gasteiger partial charge in [-0.2, -0.15) is 15.2 Å². The highest BCUT2D eigenvalue weighted by molar-refractivity contribution is 5.90. The molecule has 0 aliphatic rings. The van der Waals surface area contributed by atoms with E-state index in [-0.39, 0.29) is 34.5 Å². The van der Waals surface area contributed by atoms with E-state index in [1.54, 1.807) is 43.3 Å². The lowest BCUT2D eigenvalue weighted by molar-refractivity contribution is 0.386. The molecule has 0 bridgehead atoms. The summed E-state index contributed by atoms with van der Waals surface area (Å²) >= 11 is 0. The number of nitrogen functional groups attached to an aromatic ring is 2. The molecule has 0 aliphatic heterocycles. The van der Waals surface area contributed by atoms with Gasteiger partial charge in [0.15, 0.2) is 17.4 Å². The normalized spacial score (nSPS) is 11.7. The van der Waals surface area contributed by atoms with Crippen molar-refractivity contribution in [1.29, 1.82) is 5.26 Å². The summed E-state index contributed by atoms with van der Waals surface area (Å²) in [7, 11) is 1.36. The van der Waals surface area contributed by atoms with Gasteiger partial charge in [0.25, 0.3) is 5.56 Å². The summed E-state index contributed by atoms with van der Waals surface area (Å²) < 4.78 is 35.8. The quantitative estimate of drug-likeness (QED) is 0.276. The first-order valence-electron chi connectivity index (χ1n) is 12.1. The molecule has 1 atom stereocenters. The lowest BCUT2D eigenvalue weighted by Gasteiger charge is -2.25. The number of hydrogen-bond acceptors (Lipinski definition) is 8. The number of halogens is 2. The SMILES string of the molecule is COc1ccc(-c2c([C@H](C)Nc3nc(N)nc(N)c3C#N)c(-c3ccccc3)c(=O)n3cc(F)ccc23)cc1F. The van der Waals surface area contributed by atoms with Gasteiger partial charge in [0.05, 0.1) is 24.2 Å². The van der Waals surface area contributed by atoms with Gasteiger partial charge in [0, 0.05) is 11.8 Å². The smallest absolute Gasteiger partial charge is 0.263 e. The van der Waals surface area contributed by atoms with Crippen LogP contribution in [0, 0.1) is 23.0 Å². The maximum Gasteiger partial charge on any atom is 0.263 e. The van der Waals surface area contributed by atoms with E-state index in [1.165, 1.54) is 35.8 Å². The van der Waals surface area contributed by atoms with Gasteiger partial charge in [0.1, 0.15) is 23.3 Å². The molecule has 0 fully saturated rings. The molecule has 0 radical (unpaired) electrons. The summed E-state index contributed by atoms with van der Waals surface area (Å²) in [6.45, 7) is 1.75. The van der Waals surface area contributed by atoms with E-state index in [2.05, 4.69) is 15.3 Å². The lowest BCUT2D eigenvalue weighted by Crippen LogP contribution is -2.23. The number of anilines is 3. The Labute approximate surface area is 227 Å². The van der Waals surface area contributed by atoms with E-state index >= 15 is 4.39 Å². The average Bonchev–Trinajstić information content (AvgIpc) is 2.93. The van der Waals surface area contributed by atoms with Crippen LogP contribution in [0.15, 0.2) is 71.7 Å². The number of methoxy groups -OCH3 is 1. The second-order valence-electron chi connectivity index (χ2n) is 8.96. The predicted octanol–water partition coefficient (Wildman–Crippen LogP) is 4.92. The molecule has 200 valence electrons. The average molecular weight is 540 g/mol. The molecule has 0 unspecified atom stereocenters. The second kappa shape index (κ2) is 10.3. The van der Waals surface area contributed by atoms with Crippen LogP contribution < -0.4 is 27.1 Å². The number of nitrogens with two attached hydrogens (primary N) is 2. The summed E-state index contributed by atoms with van der Waals surface area (Å²) in [5.41, 5.74) is 13.6. The fourth-order valence-corrected chi connectivity index (χ4v) is 4.78. The fourth-order valence-electron chi connectivity index (χ4n) is 4.78. The third-order valence-corrected chi connectivity index (χ3v) is 6.50. The van der Waals surface area contributed by atoms with Crippen LogP contribution in [-0.2, 0) is 0 Å². The Morgan fingerprint density at radius 1 is 1.02 bits per heavy atom. The molecule has 5 aromatic rings. The molecule has 5 rings (SSSR count). The molecule has 0 amide bonds. The van der Waals surface area contributed by atoms with Crippen LogP contribution in [0.5, 0.6) is 5.75 Å². The van der Waals surface area contributed by atoms with Gasteiger partial charge in [-0.25, -0.2) is 8.78 Å². The Morgan fingerprint density at radius 3 is 2.45 bits per heavy atom. The Hall–Kier alpha value is -5.50. The third-order valence-electron chi connectivity index (χ3n) is 6.50. The molecule has 0 saturated heterocycles. The molecule has 40 heavy (non-hydrogen) atoms. The number of aromatic nitrogens is 3. The highest BCUT2D eigenvalue weighted by atomic mass is 19.1. The van der Waals surface area contributed by atoms with Crippen molar-refractivity contribution in [2.75, 3.05) is 23.9 Å². The number of benzene rings is 2. The highest BCUT2D eigenvalue weighted by Crippen LogP contribution is 2.40. The zero-order valence-electron chi connectivity index (χ0n) is 21.4. The van der Waals surface area contributed by atoms with Crippen LogP contribution in [-0.4, -0.2) is 21.5 Å². The summed E-state index contributed by atoms with van der Waals surface area (Å²) in [5, 5.41) is 12.8. The number of rotatable bonds is 6. The topological polar surface area (TPSA) is 144 Å². The van der Waals surface area contributed by atoms with E-state index < -0.39 is 23.2 Å². The molecular weight excluding hydrogens is 516 g/mol. The molecule has 11 heteroatoms. The summed E-state index contributed by atoms with van der Waals surface area (Å²) in [6, 6.07) is 17.2. The van der Waals surface area contributed by atoms with Crippen molar-refractivity contribution in [3.8, 4) is 34.1 Å². The van der Waals surface area contributed by atoms with Gasteiger partial charge in [-0.15, -0.1) is 0 Å². The number of ether oxygens (including phenoxy) is 1. The Balaban J connectivity index is 1.89. The Kier molecular flexibility index (Phi) is 6.75. The monoisotopic (exact) mass is 539 g/mol. The molecule has 0 spiro atoms. The van der Waals surface area contributed by atoms with Crippen molar-refractivity contribution < 1.29 is 13.5 Å². The predicted molar refractivity (Wildman–Crippen MR) is 149 cm³/mol. The molecule has 5 N–H and O–H groups in total. The molecule has 3 heterocycles. The molecule has 9 nitrogen and oxygen atoms in total. The van der Waals surface area contributed by atoms with Crippen molar-refractivity contribution in [2.24, 2.45) is 0 Å². The van der Waals surface area contributed by atoms with Gasteiger partial charge in [-0.3, -0.25) is 9.20 Å².